The van der Waals surface area contributed by atoms with Crippen molar-refractivity contribution in [3.05, 3.63) is 82.1 Å². The molecule has 0 saturated carbocycles. The fourth-order valence-electron chi connectivity index (χ4n) is 3.93. The van der Waals surface area contributed by atoms with Gasteiger partial charge in [0.15, 0.2) is 21.5 Å². The lowest BCUT2D eigenvalue weighted by Gasteiger charge is -2.34. The van der Waals surface area contributed by atoms with E-state index in [0.717, 1.165) is 23.3 Å². The van der Waals surface area contributed by atoms with Gasteiger partial charge in [-0.2, -0.15) is 0 Å². The lowest BCUT2D eigenvalue weighted by molar-refractivity contribution is 0.155. The summed E-state index contributed by atoms with van der Waals surface area (Å²) in [6.45, 7) is 0.808. The Labute approximate surface area is 185 Å². The molecule has 2 aromatic rings. The van der Waals surface area contributed by atoms with E-state index >= 15 is 0 Å². The fraction of sp³-hybridized carbons (Fsp3) is 0.261. The van der Waals surface area contributed by atoms with Crippen LogP contribution in [0.15, 0.2) is 64.9 Å². The van der Waals surface area contributed by atoms with Gasteiger partial charge < -0.3 is 9.64 Å². The highest BCUT2D eigenvalue weighted by molar-refractivity contribution is 7.97. The average molecular weight is 461 g/mol. The van der Waals surface area contributed by atoms with Gasteiger partial charge in [0.1, 0.15) is 12.3 Å². The normalized spacial score (nSPS) is 17.8. The SMILES string of the molecule is O=C(Nc1cc(F)c(N2CCC(C3=CS(=O)(=O)C=C3)CC2)c(F)c1)OCc1ccccc1. The molecule has 1 saturated heterocycles. The molecular formula is C23H22F2N2O4S. The molecule has 0 unspecified atom stereocenters. The van der Waals surface area contributed by atoms with Crippen LogP contribution in [0.3, 0.4) is 0 Å². The minimum atomic E-state index is -3.28. The van der Waals surface area contributed by atoms with Gasteiger partial charge in [0, 0.05) is 29.6 Å². The van der Waals surface area contributed by atoms with Gasteiger partial charge in [-0.25, -0.2) is 22.0 Å². The van der Waals surface area contributed by atoms with E-state index in [4.69, 9.17) is 4.74 Å². The van der Waals surface area contributed by atoms with Crippen LogP contribution in [-0.4, -0.2) is 27.6 Å². The summed E-state index contributed by atoms with van der Waals surface area (Å²) in [4.78, 5) is 13.6. The van der Waals surface area contributed by atoms with Crippen molar-refractivity contribution in [2.24, 2.45) is 5.92 Å². The van der Waals surface area contributed by atoms with Crippen molar-refractivity contribution < 1.29 is 26.7 Å². The number of allylic oxidation sites excluding steroid dienone is 2. The number of nitrogens with one attached hydrogen (secondary N) is 1. The van der Waals surface area contributed by atoms with Crippen molar-refractivity contribution in [3.8, 4) is 0 Å². The van der Waals surface area contributed by atoms with Crippen LogP contribution in [0.4, 0.5) is 25.0 Å². The molecule has 2 aliphatic rings. The van der Waals surface area contributed by atoms with E-state index < -0.39 is 27.6 Å². The number of halogens is 2. The van der Waals surface area contributed by atoms with E-state index in [2.05, 4.69) is 5.32 Å². The molecule has 2 aliphatic heterocycles. The number of amides is 1. The van der Waals surface area contributed by atoms with Crippen LogP contribution >= 0.6 is 0 Å². The Bertz CT molecular complexity index is 1150. The average Bonchev–Trinajstić information content (AvgIpc) is 3.13. The molecule has 1 N–H and O–H groups in total. The summed E-state index contributed by atoms with van der Waals surface area (Å²) in [5, 5.41) is 4.77. The predicted octanol–water partition coefficient (Wildman–Crippen LogP) is 4.76. The molecule has 2 heterocycles. The number of carbonyl (C=O) groups excluding carboxylic acids is 1. The summed E-state index contributed by atoms with van der Waals surface area (Å²) in [6.07, 6.45) is 1.94. The molecule has 0 spiro atoms. The largest absolute Gasteiger partial charge is 0.444 e. The van der Waals surface area contributed by atoms with Gasteiger partial charge in [0.05, 0.1) is 0 Å². The van der Waals surface area contributed by atoms with Crippen molar-refractivity contribution in [1.29, 1.82) is 0 Å². The van der Waals surface area contributed by atoms with Crippen LogP contribution in [0, 0.1) is 17.6 Å². The number of hydrogen-bond acceptors (Lipinski definition) is 5. The standard InChI is InChI=1S/C23H22F2N2O4S/c24-20-12-19(26-23(28)31-14-16-4-2-1-3-5-16)13-21(25)22(20)27-9-6-17(7-10-27)18-8-11-32(29,30)15-18/h1-5,8,11-13,15,17H,6-7,9-10,14H2,(H,26,28). The number of benzene rings is 2. The van der Waals surface area contributed by atoms with Crippen LogP contribution in [0.1, 0.15) is 18.4 Å². The van der Waals surface area contributed by atoms with Gasteiger partial charge in [-0.15, -0.1) is 0 Å². The quantitative estimate of drug-likeness (QED) is 0.697. The molecule has 0 aromatic heterocycles. The minimum Gasteiger partial charge on any atom is -0.444 e. The maximum Gasteiger partial charge on any atom is 0.411 e. The molecule has 32 heavy (non-hydrogen) atoms. The van der Waals surface area contributed by atoms with E-state index in [0.29, 0.717) is 25.9 Å². The zero-order valence-electron chi connectivity index (χ0n) is 17.1. The number of ether oxygens (including phenoxy) is 1. The van der Waals surface area contributed by atoms with Crippen LogP contribution < -0.4 is 10.2 Å². The second-order valence-electron chi connectivity index (χ2n) is 7.75. The first-order chi connectivity index (χ1) is 15.3. The highest BCUT2D eigenvalue weighted by Crippen LogP contribution is 2.34. The molecule has 168 valence electrons. The van der Waals surface area contributed by atoms with E-state index in [1.54, 1.807) is 23.1 Å². The Hall–Kier alpha value is -3.20. The Morgan fingerprint density at radius 3 is 2.34 bits per heavy atom. The molecule has 1 fully saturated rings. The topological polar surface area (TPSA) is 75.7 Å². The summed E-state index contributed by atoms with van der Waals surface area (Å²) in [7, 11) is -3.28. The van der Waals surface area contributed by atoms with Crippen LogP contribution in [0.25, 0.3) is 0 Å². The Balaban J connectivity index is 1.37. The molecule has 0 bridgehead atoms. The van der Waals surface area contributed by atoms with Crippen molar-refractivity contribution >= 4 is 27.3 Å². The van der Waals surface area contributed by atoms with Crippen molar-refractivity contribution in [1.82, 2.24) is 0 Å². The van der Waals surface area contributed by atoms with E-state index in [-0.39, 0.29) is 23.9 Å². The molecule has 4 rings (SSSR count). The number of nitrogens with zero attached hydrogens (tertiary/aromatic N) is 1. The van der Waals surface area contributed by atoms with Gasteiger partial charge >= 0.3 is 6.09 Å². The maximum absolute atomic E-state index is 14.7. The third-order valence-corrected chi connectivity index (χ3v) is 6.63. The molecule has 0 radical (unpaired) electrons. The summed E-state index contributed by atoms with van der Waals surface area (Å²) in [5.41, 5.74) is 1.33. The summed E-state index contributed by atoms with van der Waals surface area (Å²) < 4.78 is 57.7. The van der Waals surface area contributed by atoms with E-state index in [1.165, 1.54) is 10.8 Å². The predicted molar refractivity (Wildman–Crippen MR) is 118 cm³/mol. The molecule has 9 heteroatoms. The molecule has 6 nitrogen and oxygen atoms in total. The van der Waals surface area contributed by atoms with Gasteiger partial charge in [-0.05, 0) is 48.1 Å². The summed E-state index contributed by atoms with van der Waals surface area (Å²) >= 11 is 0. The van der Waals surface area contributed by atoms with Crippen LogP contribution in [0.2, 0.25) is 0 Å². The number of piperidine rings is 1. The smallest absolute Gasteiger partial charge is 0.411 e. The number of carbonyl (C=O) groups is 1. The van der Waals surface area contributed by atoms with Gasteiger partial charge in [0.2, 0.25) is 0 Å². The number of rotatable bonds is 5. The second-order valence-corrected chi connectivity index (χ2v) is 9.43. The zero-order valence-corrected chi connectivity index (χ0v) is 17.9. The van der Waals surface area contributed by atoms with E-state index in [1.807, 2.05) is 18.2 Å². The second kappa shape index (κ2) is 9.12. The van der Waals surface area contributed by atoms with Gasteiger partial charge in [-0.3, -0.25) is 5.32 Å². The highest BCUT2D eigenvalue weighted by atomic mass is 32.2. The monoisotopic (exact) mass is 460 g/mol. The van der Waals surface area contributed by atoms with Crippen LogP contribution in [-0.2, 0) is 21.2 Å². The first-order valence-corrected chi connectivity index (χ1v) is 11.8. The zero-order chi connectivity index (χ0) is 22.7. The summed E-state index contributed by atoms with van der Waals surface area (Å²) in [5.74, 6) is -1.54. The third-order valence-electron chi connectivity index (χ3n) is 5.51. The Kier molecular flexibility index (Phi) is 6.27. The number of sulfone groups is 1. The van der Waals surface area contributed by atoms with Crippen LogP contribution in [0.5, 0.6) is 0 Å². The fourth-order valence-corrected chi connectivity index (χ4v) is 5.00. The Morgan fingerprint density at radius 1 is 1.09 bits per heavy atom. The molecule has 1 amide bonds. The third kappa shape index (κ3) is 5.16. The first-order valence-electron chi connectivity index (χ1n) is 10.2. The van der Waals surface area contributed by atoms with Crippen molar-refractivity contribution in [2.45, 2.75) is 19.4 Å². The van der Waals surface area contributed by atoms with Crippen molar-refractivity contribution in [2.75, 3.05) is 23.3 Å². The minimum absolute atomic E-state index is 0.0335. The van der Waals surface area contributed by atoms with E-state index in [9.17, 15) is 22.0 Å². The maximum atomic E-state index is 14.7. The van der Waals surface area contributed by atoms with Gasteiger partial charge in [0.25, 0.3) is 0 Å². The summed E-state index contributed by atoms with van der Waals surface area (Å²) in [6, 6.07) is 11.2. The number of anilines is 2. The molecular weight excluding hydrogens is 438 g/mol. The Morgan fingerprint density at radius 2 is 1.75 bits per heavy atom. The lowest BCUT2D eigenvalue weighted by Crippen LogP contribution is -2.35. The van der Waals surface area contributed by atoms with Gasteiger partial charge in [-0.1, -0.05) is 30.3 Å². The highest BCUT2D eigenvalue weighted by Gasteiger charge is 2.28. The molecule has 0 atom stereocenters. The molecule has 2 aromatic carbocycles. The van der Waals surface area contributed by atoms with Crippen molar-refractivity contribution in [3.63, 3.8) is 0 Å². The lowest BCUT2D eigenvalue weighted by atomic mass is 9.90. The molecule has 0 aliphatic carbocycles. The number of hydrogen-bond donors (Lipinski definition) is 1. The first kappa shape index (κ1) is 22.0.